The number of carbonyl (C=O) groups is 1. The predicted molar refractivity (Wildman–Crippen MR) is 70.5 cm³/mol. The largest absolute Gasteiger partial charge is 0.337 e. The van der Waals surface area contributed by atoms with Crippen LogP contribution < -0.4 is 5.73 Å². The van der Waals surface area contributed by atoms with E-state index in [0.717, 1.165) is 12.0 Å². The first kappa shape index (κ1) is 14.2. The van der Waals surface area contributed by atoms with Crippen molar-refractivity contribution in [2.24, 2.45) is 5.73 Å². The highest BCUT2D eigenvalue weighted by Crippen LogP contribution is 2.08. The lowest BCUT2D eigenvalue weighted by Crippen LogP contribution is -2.42. The monoisotopic (exact) mass is 245 g/mol. The van der Waals surface area contributed by atoms with Gasteiger partial charge in [-0.3, -0.25) is 4.79 Å². The van der Waals surface area contributed by atoms with Gasteiger partial charge in [-0.05, 0) is 31.0 Å². The van der Waals surface area contributed by atoms with Crippen molar-refractivity contribution in [1.29, 1.82) is 5.26 Å². The van der Waals surface area contributed by atoms with E-state index in [0.29, 0.717) is 18.7 Å². The summed E-state index contributed by atoms with van der Waals surface area (Å²) in [4.78, 5) is 13.7. The smallest absolute Gasteiger partial charge is 0.239 e. The lowest BCUT2D eigenvalue weighted by molar-refractivity contribution is -0.132. The fraction of sp³-hybridized carbons (Fsp3) is 0.429. The minimum atomic E-state index is -0.477. The summed E-state index contributed by atoms with van der Waals surface area (Å²) in [5.74, 6) is -0.0405. The molecule has 1 rings (SSSR count). The molecule has 0 heterocycles. The van der Waals surface area contributed by atoms with Crippen LogP contribution in [0.1, 0.15) is 31.4 Å². The van der Waals surface area contributed by atoms with Gasteiger partial charge in [-0.25, -0.2) is 0 Å². The fourth-order valence-corrected chi connectivity index (χ4v) is 1.73. The zero-order valence-electron chi connectivity index (χ0n) is 10.9. The van der Waals surface area contributed by atoms with Crippen molar-refractivity contribution in [1.82, 2.24) is 4.90 Å². The number of hydrogen-bond donors (Lipinski definition) is 1. The van der Waals surface area contributed by atoms with E-state index in [4.69, 9.17) is 11.0 Å². The summed E-state index contributed by atoms with van der Waals surface area (Å²) in [5.41, 5.74) is 7.27. The summed E-state index contributed by atoms with van der Waals surface area (Å²) in [5, 5.41) is 8.72. The van der Waals surface area contributed by atoms with E-state index in [1.165, 1.54) is 0 Å². The number of nitrogens with zero attached hydrogens (tertiary/aromatic N) is 2. The van der Waals surface area contributed by atoms with E-state index in [2.05, 4.69) is 6.07 Å². The van der Waals surface area contributed by atoms with Crippen LogP contribution in [0, 0.1) is 11.3 Å². The quantitative estimate of drug-likeness (QED) is 0.857. The van der Waals surface area contributed by atoms with Crippen molar-refractivity contribution in [2.45, 2.75) is 32.9 Å². The van der Waals surface area contributed by atoms with Crippen LogP contribution in [0.25, 0.3) is 0 Å². The molecule has 1 aromatic carbocycles. The number of carbonyl (C=O) groups excluding carboxylic acids is 1. The zero-order chi connectivity index (χ0) is 13.5. The maximum Gasteiger partial charge on any atom is 0.239 e. The van der Waals surface area contributed by atoms with Crippen molar-refractivity contribution < 1.29 is 4.79 Å². The molecule has 0 saturated heterocycles. The summed E-state index contributed by atoms with van der Waals surface area (Å²) >= 11 is 0. The third-order valence-corrected chi connectivity index (χ3v) is 2.65. The molecule has 2 N–H and O–H groups in total. The Bertz CT molecular complexity index is 431. The van der Waals surface area contributed by atoms with Crippen molar-refractivity contribution in [3.63, 3.8) is 0 Å². The summed E-state index contributed by atoms with van der Waals surface area (Å²) in [6.45, 7) is 4.96. The molecule has 0 radical (unpaired) electrons. The number of benzene rings is 1. The van der Waals surface area contributed by atoms with Crippen LogP contribution in [0.4, 0.5) is 0 Å². The van der Waals surface area contributed by atoms with Gasteiger partial charge < -0.3 is 10.6 Å². The third kappa shape index (κ3) is 3.86. The van der Waals surface area contributed by atoms with Crippen molar-refractivity contribution in [3.05, 3.63) is 35.4 Å². The molecule has 96 valence electrons. The van der Waals surface area contributed by atoms with Gasteiger partial charge in [-0.2, -0.15) is 5.26 Å². The van der Waals surface area contributed by atoms with Gasteiger partial charge >= 0.3 is 0 Å². The molecule has 0 spiro atoms. The molecule has 1 atom stereocenters. The molecule has 0 fully saturated rings. The van der Waals surface area contributed by atoms with Gasteiger partial charge in [-0.15, -0.1) is 0 Å². The summed E-state index contributed by atoms with van der Waals surface area (Å²) in [6, 6.07) is 8.86. The Morgan fingerprint density at radius 1 is 1.44 bits per heavy atom. The molecule has 0 saturated carbocycles. The van der Waals surface area contributed by atoms with Gasteiger partial charge in [0.2, 0.25) is 5.91 Å². The van der Waals surface area contributed by atoms with Gasteiger partial charge in [0.1, 0.15) is 0 Å². The second-order valence-electron chi connectivity index (χ2n) is 4.36. The van der Waals surface area contributed by atoms with Crippen LogP contribution >= 0.6 is 0 Å². The number of hydrogen-bond acceptors (Lipinski definition) is 3. The molecule has 4 nitrogen and oxygen atoms in total. The van der Waals surface area contributed by atoms with Gasteiger partial charge in [-0.1, -0.05) is 19.1 Å². The number of rotatable bonds is 5. The van der Waals surface area contributed by atoms with Crippen LogP contribution in [-0.4, -0.2) is 23.4 Å². The van der Waals surface area contributed by atoms with Gasteiger partial charge in [0.15, 0.2) is 0 Å². The highest BCUT2D eigenvalue weighted by Gasteiger charge is 2.16. The number of amides is 1. The summed E-state index contributed by atoms with van der Waals surface area (Å²) in [7, 11) is 0. The zero-order valence-corrected chi connectivity index (χ0v) is 10.9. The first-order chi connectivity index (χ1) is 8.58. The Kier molecular flexibility index (Phi) is 5.34. The van der Waals surface area contributed by atoms with E-state index >= 15 is 0 Å². The van der Waals surface area contributed by atoms with Crippen molar-refractivity contribution in [2.75, 3.05) is 6.54 Å². The molecule has 1 amide bonds. The van der Waals surface area contributed by atoms with Crippen LogP contribution in [0.15, 0.2) is 24.3 Å². The normalized spacial score (nSPS) is 11.7. The molecule has 0 aromatic heterocycles. The number of nitrogens with two attached hydrogens (primary N) is 1. The Hall–Kier alpha value is -1.86. The molecule has 0 aliphatic rings. The van der Waals surface area contributed by atoms with Gasteiger partial charge in [0, 0.05) is 13.1 Å². The lowest BCUT2D eigenvalue weighted by atomic mass is 10.1. The maximum atomic E-state index is 11.9. The average molecular weight is 245 g/mol. The first-order valence-electron chi connectivity index (χ1n) is 6.12. The van der Waals surface area contributed by atoms with E-state index in [1.807, 2.05) is 19.1 Å². The highest BCUT2D eigenvalue weighted by molar-refractivity contribution is 5.81. The van der Waals surface area contributed by atoms with Gasteiger partial charge in [0.05, 0.1) is 17.7 Å². The molecule has 0 aliphatic carbocycles. The van der Waals surface area contributed by atoms with E-state index in [9.17, 15) is 4.79 Å². The Labute approximate surface area is 108 Å². The van der Waals surface area contributed by atoms with Crippen LogP contribution in [0.3, 0.4) is 0 Å². The molecule has 0 bridgehead atoms. The van der Waals surface area contributed by atoms with Crippen LogP contribution in [0.2, 0.25) is 0 Å². The second kappa shape index (κ2) is 6.77. The maximum absolute atomic E-state index is 11.9. The molecule has 1 aromatic rings. The summed E-state index contributed by atoms with van der Waals surface area (Å²) < 4.78 is 0. The Balaban J connectivity index is 2.76. The molecular weight excluding hydrogens is 226 g/mol. The fourth-order valence-electron chi connectivity index (χ4n) is 1.73. The van der Waals surface area contributed by atoms with E-state index in [1.54, 1.807) is 24.0 Å². The lowest BCUT2D eigenvalue weighted by Gasteiger charge is -2.24. The Morgan fingerprint density at radius 2 is 2.06 bits per heavy atom. The third-order valence-electron chi connectivity index (χ3n) is 2.65. The van der Waals surface area contributed by atoms with E-state index < -0.39 is 6.04 Å². The highest BCUT2D eigenvalue weighted by atomic mass is 16.2. The molecule has 18 heavy (non-hydrogen) atoms. The van der Waals surface area contributed by atoms with Crippen LogP contribution in [0.5, 0.6) is 0 Å². The minimum absolute atomic E-state index is 0.0405. The first-order valence-corrected chi connectivity index (χ1v) is 6.12. The molecule has 1 unspecified atom stereocenters. The molecule has 4 heteroatoms. The average Bonchev–Trinajstić information content (AvgIpc) is 2.38. The SMILES string of the molecule is CCCN(Cc1ccc(C#N)cc1)C(=O)C(C)N. The molecule has 0 aliphatic heterocycles. The number of nitriles is 1. The summed E-state index contributed by atoms with van der Waals surface area (Å²) in [6.07, 6.45) is 0.898. The van der Waals surface area contributed by atoms with Crippen molar-refractivity contribution >= 4 is 5.91 Å². The van der Waals surface area contributed by atoms with Crippen LogP contribution in [-0.2, 0) is 11.3 Å². The second-order valence-corrected chi connectivity index (χ2v) is 4.36. The minimum Gasteiger partial charge on any atom is -0.337 e. The molecular formula is C14H19N3O. The van der Waals surface area contributed by atoms with Crippen molar-refractivity contribution in [3.8, 4) is 6.07 Å². The Morgan fingerprint density at radius 3 is 2.50 bits per heavy atom. The standard InChI is InChI=1S/C14H19N3O/c1-3-8-17(14(18)11(2)16)10-13-6-4-12(9-15)5-7-13/h4-7,11H,3,8,10,16H2,1-2H3. The predicted octanol–water partition coefficient (Wildman–Crippen LogP) is 1.64. The van der Waals surface area contributed by atoms with E-state index in [-0.39, 0.29) is 5.91 Å². The van der Waals surface area contributed by atoms with Gasteiger partial charge in [0.25, 0.3) is 0 Å². The topological polar surface area (TPSA) is 70.1 Å².